The van der Waals surface area contributed by atoms with Gasteiger partial charge in [0.2, 0.25) is 0 Å². The van der Waals surface area contributed by atoms with Crippen LogP contribution in [0.2, 0.25) is 0 Å². The van der Waals surface area contributed by atoms with Crippen LogP contribution in [0, 0.1) is 22.6 Å². The molecule has 0 saturated heterocycles. The molecule has 1 aromatic carbocycles. The molecule has 0 atom stereocenters. The van der Waals surface area contributed by atoms with Gasteiger partial charge in [0.1, 0.15) is 11.6 Å². The Balaban J connectivity index is 2.63. The number of nitrogens with one attached hydrogen (secondary N) is 1. The Bertz CT molecular complexity index is 513. The van der Waals surface area contributed by atoms with E-state index >= 15 is 0 Å². The highest BCUT2D eigenvalue weighted by Crippen LogP contribution is 2.21. The van der Waals surface area contributed by atoms with Gasteiger partial charge in [-0.25, -0.2) is 4.39 Å². The first-order valence-electron chi connectivity index (χ1n) is 7.20. The third-order valence-corrected chi connectivity index (χ3v) is 3.05. The third kappa shape index (κ3) is 7.10. The van der Waals surface area contributed by atoms with Crippen molar-refractivity contribution in [1.82, 2.24) is 5.32 Å². The number of halogens is 1. The van der Waals surface area contributed by atoms with Gasteiger partial charge in [0.25, 0.3) is 0 Å². The Morgan fingerprint density at radius 3 is 2.43 bits per heavy atom. The molecule has 0 amide bonds. The van der Waals surface area contributed by atoms with Crippen molar-refractivity contribution in [2.45, 2.75) is 53.1 Å². The monoisotopic (exact) mass is 292 g/mol. The first-order valence-corrected chi connectivity index (χ1v) is 7.20. The van der Waals surface area contributed by atoms with Crippen LogP contribution in [0.5, 0.6) is 5.75 Å². The molecule has 1 aromatic rings. The average molecular weight is 292 g/mol. The Morgan fingerprint density at radius 2 is 1.86 bits per heavy atom. The second-order valence-electron chi connectivity index (χ2n) is 6.99. The van der Waals surface area contributed by atoms with E-state index in [0.717, 1.165) is 5.56 Å². The van der Waals surface area contributed by atoms with Crippen LogP contribution in [-0.2, 0) is 6.54 Å². The van der Waals surface area contributed by atoms with Gasteiger partial charge in [-0.1, -0.05) is 0 Å². The smallest absolute Gasteiger partial charge is 0.127 e. The van der Waals surface area contributed by atoms with Crippen LogP contribution in [0.1, 0.15) is 46.6 Å². The van der Waals surface area contributed by atoms with Crippen molar-refractivity contribution in [3.63, 3.8) is 0 Å². The lowest BCUT2D eigenvalue weighted by molar-refractivity contribution is 0.263. The fourth-order valence-corrected chi connectivity index (χ4v) is 1.65. The molecular formula is C17H25FN2O. The topological polar surface area (TPSA) is 45.0 Å². The van der Waals surface area contributed by atoms with Crippen molar-refractivity contribution < 1.29 is 9.13 Å². The standard InChI is InChI=1S/C17H25FN2O/c1-16(2,3)20-11-13-8-14(18)10-15(9-13)21-7-6-17(4,5)12-19/h8-10,20H,6-7,11H2,1-5H3. The van der Waals surface area contributed by atoms with Crippen LogP contribution >= 0.6 is 0 Å². The van der Waals surface area contributed by atoms with Crippen molar-refractivity contribution >= 4 is 0 Å². The first kappa shape index (κ1) is 17.5. The number of nitriles is 1. The second-order valence-corrected chi connectivity index (χ2v) is 6.99. The molecule has 1 N–H and O–H groups in total. The second kappa shape index (κ2) is 6.91. The highest BCUT2D eigenvalue weighted by Gasteiger charge is 2.16. The number of hydrogen-bond donors (Lipinski definition) is 1. The maximum Gasteiger partial charge on any atom is 0.127 e. The number of ether oxygens (including phenoxy) is 1. The van der Waals surface area contributed by atoms with E-state index in [1.165, 1.54) is 12.1 Å². The molecule has 0 aliphatic heterocycles. The van der Waals surface area contributed by atoms with Crippen LogP contribution in [-0.4, -0.2) is 12.1 Å². The molecule has 1 rings (SSSR count). The van der Waals surface area contributed by atoms with Gasteiger partial charge in [-0.15, -0.1) is 0 Å². The van der Waals surface area contributed by atoms with Crippen molar-refractivity contribution in [3.05, 3.63) is 29.6 Å². The maximum atomic E-state index is 13.6. The van der Waals surface area contributed by atoms with E-state index in [-0.39, 0.29) is 11.4 Å². The van der Waals surface area contributed by atoms with Crippen LogP contribution in [0.3, 0.4) is 0 Å². The van der Waals surface area contributed by atoms with Gasteiger partial charge in [-0.2, -0.15) is 5.26 Å². The summed E-state index contributed by atoms with van der Waals surface area (Å²) >= 11 is 0. The Morgan fingerprint density at radius 1 is 1.19 bits per heavy atom. The number of hydrogen-bond acceptors (Lipinski definition) is 3. The van der Waals surface area contributed by atoms with E-state index in [0.29, 0.717) is 25.3 Å². The zero-order chi connectivity index (χ0) is 16.1. The molecule has 3 nitrogen and oxygen atoms in total. The van der Waals surface area contributed by atoms with Crippen LogP contribution in [0.15, 0.2) is 18.2 Å². The van der Waals surface area contributed by atoms with Crippen molar-refractivity contribution in [1.29, 1.82) is 5.26 Å². The lowest BCUT2D eigenvalue weighted by Crippen LogP contribution is -2.35. The molecule has 0 aliphatic carbocycles. The van der Waals surface area contributed by atoms with Gasteiger partial charge in [0, 0.05) is 18.2 Å². The highest BCUT2D eigenvalue weighted by molar-refractivity contribution is 5.29. The van der Waals surface area contributed by atoms with Crippen molar-refractivity contribution in [3.8, 4) is 11.8 Å². The SMILES string of the molecule is CC(C)(C#N)CCOc1cc(F)cc(CNC(C)(C)C)c1. The summed E-state index contributed by atoms with van der Waals surface area (Å²) in [7, 11) is 0. The summed E-state index contributed by atoms with van der Waals surface area (Å²) in [6, 6.07) is 6.94. The van der Waals surface area contributed by atoms with Gasteiger partial charge >= 0.3 is 0 Å². The zero-order valence-corrected chi connectivity index (χ0v) is 13.6. The van der Waals surface area contributed by atoms with E-state index < -0.39 is 5.41 Å². The molecule has 116 valence electrons. The minimum Gasteiger partial charge on any atom is -0.493 e. The largest absolute Gasteiger partial charge is 0.493 e. The summed E-state index contributed by atoms with van der Waals surface area (Å²) in [5.41, 5.74) is 0.396. The molecule has 21 heavy (non-hydrogen) atoms. The van der Waals surface area contributed by atoms with Gasteiger partial charge < -0.3 is 10.1 Å². The van der Waals surface area contributed by atoms with Crippen LogP contribution in [0.25, 0.3) is 0 Å². The molecule has 0 spiro atoms. The highest BCUT2D eigenvalue weighted by atomic mass is 19.1. The Hall–Kier alpha value is -1.60. The predicted molar refractivity (Wildman–Crippen MR) is 82.5 cm³/mol. The van der Waals surface area contributed by atoms with Gasteiger partial charge in [-0.3, -0.25) is 0 Å². The third-order valence-electron chi connectivity index (χ3n) is 3.05. The molecular weight excluding hydrogens is 267 g/mol. The lowest BCUT2D eigenvalue weighted by Gasteiger charge is -2.21. The summed E-state index contributed by atoms with van der Waals surface area (Å²) < 4.78 is 19.2. The van der Waals surface area contributed by atoms with E-state index in [1.54, 1.807) is 0 Å². The van der Waals surface area contributed by atoms with Crippen LogP contribution in [0.4, 0.5) is 4.39 Å². The van der Waals surface area contributed by atoms with E-state index in [9.17, 15) is 4.39 Å². The predicted octanol–water partition coefficient (Wildman–Crippen LogP) is 4.03. The molecule has 0 aromatic heterocycles. The molecule has 0 unspecified atom stereocenters. The van der Waals surface area contributed by atoms with Gasteiger partial charge in [0.05, 0.1) is 18.1 Å². The summed E-state index contributed by atoms with van der Waals surface area (Å²) in [6.07, 6.45) is 0.607. The Labute approximate surface area is 127 Å². The maximum absolute atomic E-state index is 13.6. The number of benzene rings is 1. The molecule has 0 radical (unpaired) electrons. The van der Waals surface area contributed by atoms with Crippen LogP contribution < -0.4 is 10.1 Å². The summed E-state index contributed by atoms with van der Waals surface area (Å²) in [6.45, 7) is 10.9. The normalized spacial score (nSPS) is 12.0. The molecule has 0 aliphatic rings. The fraction of sp³-hybridized carbons (Fsp3) is 0.588. The number of nitrogens with zero attached hydrogens (tertiary/aromatic N) is 1. The zero-order valence-electron chi connectivity index (χ0n) is 13.6. The molecule has 0 heterocycles. The minimum atomic E-state index is -0.427. The van der Waals surface area contributed by atoms with Gasteiger partial charge in [-0.05, 0) is 58.7 Å². The first-order chi connectivity index (χ1) is 9.61. The minimum absolute atomic E-state index is 0.0237. The van der Waals surface area contributed by atoms with E-state index in [2.05, 4.69) is 32.2 Å². The van der Waals surface area contributed by atoms with E-state index in [1.807, 2.05) is 19.9 Å². The molecule has 4 heteroatoms. The van der Waals surface area contributed by atoms with Crippen molar-refractivity contribution in [2.24, 2.45) is 5.41 Å². The van der Waals surface area contributed by atoms with E-state index in [4.69, 9.17) is 10.00 Å². The quantitative estimate of drug-likeness (QED) is 0.861. The summed E-state index contributed by atoms with van der Waals surface area (Å²) in [5.74, 6) is 0.201. The summed E-state index contributed by atoms with van der Waals surface area (Å²) in [4.78, 5) is 0. The molecule has 0 saturated carbocycles. The van der Waals surface area contributed by atoms with Gasteiger partial charge in [0.15, 0.2) is 0 Å². The lowest BCUT2D eigenvalue weighted by atomic mass is 9.92. The average Bonchev–Trinajstić information content (AvgIpc) is 2.35. The summed E-state index contributed by atoms with van der Waals surface area (Å²) in [5, 5.41) is 12.3. The van der Waals surface area contributed by atoms with Crippen molar-refractivity contribution in [2.75, 3.05) is 6.61 Å². The molecule has 0 fully saturated rings. The fourth-order valence-electron chi connectivity index (χ4n) is 1.65. The number of rotatable bonds is 6. The Kier molecular flexibility index (Phi) is 5.74. The molecule has 0 bridgehead atoms.